The molecule has 2 aromatic carbocycles. The van der Waals surface area contributed by atoms with Crippen molar-refractivity contribution in [2.24, 2.45) is 5.10 Å². The first-order chi connectivity index (χ1) is 11.0. The number of rotatable bonds is 4. The summed E-state index contributed by atoms with van der Waals surface area (Å²) in [7, 11) is 0. The van der Waals surface area contributed by atoms with Gasteiger partial charge in [-0.05, 0) is 18.2 Å². The molecule has 0 radical (unpaired) electrons. The molecule has 0 aliphatic heterocycles. The molecular weight excluding hydrogens is 343 g/mol. The van der Waals surface area contributed by atoms with Crippen LogP contribution in [0.2, 0.25) is 10.0 Å². The number of nitrogens with zero attached hydrogens (tertiary/aromatic N) is 2. The molecule has 0 fully saturated rings. The molecule has 0 heterocycles. The molecule has 0 unspecified atom stereocenters. The van der Waals surface area contributed by atoms with E-state index in [0.717, 1.165) is 0 Å². The van der Waals surface area contributed by atoms with E-state index in [1.54, 1.807) is 24.3 Å². The number of halogens is 2. The number of carbonyl (C=O) groups excluding carboxylic acids is 1. The zero-order valence-corrected chi connectivity index (χ0v) is 13.0. The van der Waals surface area contributed by atoms with Crippen molar-refractivity contribution < 1.29 is 9.72 Å². The Morgan fingerprint density at radius 3 is 2.52 bits per heavy atom. The number of hydrogen-bond donors (Lipinski definition) is 2. The van der Waals surface area contributed by atoms with Gasteiger partial charge in [-0.15, -0.1) is 0 Å². The Bertz CT molecular complexity index is 766. The summed E-state index contributed by atoms with van der Waals surface area (Å²) in [5, 5.41) is 17.2. The zero-order chi connectivity index (χ0) is 16.8. The van der Waals surface area contributed by atoms with Gasteiger partial charge in [0.15, 0.2) is 0 Å². The van der Waals surface area contributed by atoms with Gasteiger partial charge in [0.1, 0.15) is 5.02 Å². The molecule has 2 N–H and O–H groups in total. The van der Waals surface area contributed by atoms with Crippen LogP contribution in [0.3, 0.4) is 0 Å². The number of nitrogens with one attached hydrogen (secondary N) is 2. The summed E-state index contributed by atoms with van der Waals surface area (Å²) < 4.78 is 0. The zero-order valence-electron chi connectivity index (χ0n) is 11.5. The van der Waals surface area contributed by atoms with E-state index in [1.165, 1.54) is 18.3 Å². The lowest BCUT2D eigenvalue weighted by molar-refractivity contribution is -0.384. The lowest BCUT2D eigenvalue weighted by Gasteiger charge is -2.04. The number of amides is 2. The number of para-hydroxylation sites is 1. The molecule has 0 spiro atoms. The van der Waals surface area contributed by atoms with Crippen LogP contribution < -0.4 is 10.7 Å². The molecule has 2 aromatic rings. The molecule has 2 amide bonds. The van der Waals surface area contributed by atoms with E-state index in [9.17, 15) is 14.9 Å². The van der Waals surface area contributed by atoms with Gasteiger partial charge in [-0.1, -0.05) is 41.4 Å². The maximum atomic E-state index is 11.6. The Balaban J connectivity index is 2.04. The van der Waals surface area contributed by atoms with E-state index in [-0.39, 0.29) is 21.3 Å². The highest BCUT2D eigenvalue weighted by molar-refractivity contribution is 6.37. The standard InChI is InChI=1S/C14H10Cl2N4O3/c15-11-7-12(16)13(20(22)23)6-9(11)8-17-19-14(21)18-10-4-2-1-3-5-10/h1-8H,(H2,18,19,21)/b17-8+. The van der Waals surface area contributed by atoms with Crippen LogP contribution in [0.15, 0.2) is 47.6 Å². The van der Waals surface area contributed by atoms with Gasteiger partial charge in [-0.3, -0.25) is 10.1 Å². The largest absolute Gasteiger partial charge is 0.339 e. The molecule has 0 bridgehead atoms. The van der Waals surface area contributed by atoms with E-state index in [2.05, 4.69) is 15.8 Å². The van der Waals surface area contributed by atoms with Crippen molar-refractivity contribution in [3.63, 3.8) is 0 Å². The summed E-state index contributed by atoms with van der Waals surface area (Å²) >= 11 is 11.6. The SMILES string of the molecule is O=C(N/N=C/c1cc([N+](=O)[O-])c(Cl)cc1Cl)Nc1ccccc1. The van der Waals surface area contributed by atoms with Crippen LogP contribution in [0.5, 0.6) is 0 Å². The monoisotopic (exact) mass is 352 g/mol. The summed E-state index contributed by atoms with van der Waals surface area (Å²) in [5.74, 6) is 0. The maximum absolute atomic E-state index is 11.6. The van der Waals surface area contributed by atoms with Crippen molar-refractivity contribution in [1.29, 1.82) is 0 Å². The molecule has 2 rings (SSSR count). The van der Waals surface area contributed by atoms with E-state index >= 15 is 0 Å². The summed E-state index contributed by atoms with van der Waals surface area (Å²) in [6.45, 7) is 0. The lowest BCUT2D eigenvalue weighted by atomic mass is 10.2. The Hall–Kier alpha value is -2.64. The molecule has 0 saturated heterocycles. The molecule has 9 heteroatoms. The number of anilines is 1. The van der Waals surface area contributed by atoms with Crippen molar-refractivity contribution in [2.45, 2.75) is 0 Å². The first-order valence-electron chi connectivity index (χ1n) is 6.26. The van der Waals surface area contributed by atoms with E-state index in [4.69, 9.17) is 23.2 Å². The highest BCUT2D eigenvalue weighted by Crippen LogP contribution is 2.29. The molecule has 118 valence electrons. The maximum Gasteiger partial charge on any atom is 0.339 e. The van der Waals surface area contributed by atoms with Gasteiger partial charge in [0.2, 0.25) is 0 Å². The van der Waals surface area contributed by atoms with Crippen LogP contribution in [0.25, 0.3) is 0 Å². The number of nitro benzene ring substituents is 1. The van der Waals surface area contributed by atoms with Crippen LogP contribution in [-0.4, -0.2) is 17.2 Å². The number of urea groups is 1. The van der Waals surface area contributed by atoms with Gasteiger partial charge in [-0.25, -0.2) is 10.2 Å². The molecule has 0 saturated carbocycles. The minimum Gasteiger partial charge on any atom is -0.307 e. The Labute approximate surface area is 141 Å². The van der Waals surface area contributed by atoms with E-state index < -0.39 is 11.0 Å². The topological polar surface area (TPSA) is 96.6 Å². The summed E-state index contributed by atoms with van der Waals surface area (Å²) in [4.78, 5) is 21.8. The van der Waals surface area contributed by atoms with Crippen molar-refractivity contribution in [2.75, 3.05) is 5.32 Å². The highest BCUT2D eigenvalue weighted by Gasteiger charge is 2.15. The minimum atomic E-state index is -0.633. The second-order valence-electron chi connectivity index (χ2n) is 4.27. The highest BCUT2D eigenvalue weighted by atomic mass is 35.5. The average Bonchev–Trinajstić information content (AvgIpc) is 2.50. The summed E-state index contributed by atoms with van der Waals surface area (Å²) in [6.07, 6.45) is 1.19. The fourth-order valence-corrected chi connectivity index (χ4v) is 2.13. The average molecular weight is 353 g/mol. The number of nitro groups is 1. The normalized spacial score (nSPS) is 10.5. The fraction of sp³-hybridized carbons (Fsp3) is 0. The molecule has 0 aliphatic rings. The van der Waals surface area contributed by atoms with Crippen molar-refractivity contribution in [3.05, 3.63) is 68.2 Å². The van der Waals surface area contributed by atoms with Gasteiger partial charge in [0.25, 0.3) is 5.69 Å². The Morgan fingerprint density at radius 1 is 1.17 bits per heavy atom. The first-order valence-corrected chi connectivity index (χ1v) is 7.01. The van der Waals surface area contributed by atoms with Gasteiger partial charge in [0.05, 0.1) is 16.2 Å². The third-order valence-corrected chi connectivity index (χ3v) is 3.29. The molecule has 0 aromatic heterocycles. The molecule has 7 nitrogen and oxygen atoms in total. The second-order valence-corrected chi connectivity index (χ2v) is 5.09. The number of carbonyl (C=O) groups is 1. The Morgan fingerprint density at radius 2 is 1.87 bits per heavy atom. The third kappa shape index (κ3) is 4.67. The van der Waals surface area contributed by atoms with Crippen molar-refractivity contribution >= 4 is 46.8 Å². The quantitative estimate of drug-likeness (QED) is 0.493. The summed E-state index contributed by atoms with van der Waals surface area (Å²) in [6, 6.07) is 10.6. The third-order valence-electron chi connectivity index (χ3n) is 2.66. The molecule has 0 atom stereocenters. The molecule has 0 aliphatic carbocycles. The van der Waals surface area contributed by atoms with Crippen LogP contribution in [0, 0.1) is 10.1 Å². The van der Waals surface area contributed by atoms with Gasteiger partial charge in [-0.2, -0.15) is 5.10 Å². The number of hydrogen-bond acceptors (Lipinski definition) is 4. The summed E-state index contributed by atoms with van der Waals surface area (Å²) in [5.41, 5.74) is 2.78. The minimum absolute atomic E-state index is 0.0769. The van der Waals surface area contributed by atoms with Crippen molar-refractivity contribution in [1.82, 2.24) is 5.43 Å². The van der Waals surface area contributed by atoms with Gasteiger partial charge >= 0.3 is 6.03 Å². The molecular formula is C14H10Cl2N4O3. The van der Waals surface area contributed by atoms with E-state index in [1.807, 2.05) is 6.07 Å². The smallest absolute Gasteiger partial charge is 0.307 e. The predicted molar refractivity (Wildman–Crippen MR) is 89.3 cm³/mol. The van der Waals surface area contributed by atoms with Crippen LogP contribution in [0.4, 0.5) is 16.2 Å². The second kappa shape index (κ2) is 7.57. The van der Waals surface area contributed by atoms with Crippen LogP contribution in [-0.2, 0) is 0 Å². The van der Waals surface area contributed by atoms with Crippen molar-refractivity contribution in [3.8, 4) is 0 Å². The van der Waals surface area contributed by atoms with Crippen LogP contribution >= 0.6 is 23.2 Å². The van der Waals surface area contributed by atoms with Crippen LogP contribution in [0.1, 0.15) is 5.56 Å². The van der Waals surface area contributed by atoms with E-state index in [0.29, 0.717) is 5.69 Å². The van der Waals surface area contributed by atoms with Gasteiger partial charge < -0.3 is 5.32 Å². The first kappa shape index (κ1) is 16.7. The Kier molecular flexibility index (Phi) is 5.51. The van der Waals surface area contributed by atoms with Gasteiger partial charge in [0, 0.05) is 17.3 Å². The predicted octanol–water partition coefficient (Wildman–Crippen LogP) is 4.06. The number of benzene rings is 2. The number of hydrazone groups is 1. The lowest BCUT2D eigenvalue weighted by Crippen LogP contribution is -2.24. The fourth-order valence-electron chi connectivity index (χ4n) is 1.63. The molecule has 23 heavy (non-hydrogen) atoms.